The van der Waals surface area contributed by atoms with Gasteiger partial charge in [-0.05, 0) is 43.4 Å². The van der Waals surface area contributed by atoms with E-state index in [9.17, 15) is 43.2 Å². The number of rotatable bonds is 83. The molecule has 6 atom stereocenters. The normalized spacial score (nSPS) is 14.2. The summed E-state index contributed by atoms with van der Waals surface area (Å²) in [7, 11) is -9.92. The second-order valence-electron chi connectivity index (χ2n) is 31.8. The molecule has 0 spiro atoms. The average molecular weight is 1520 g/mol. The van der Waals surface area contributed by atoms with E-state index in [1.54, 1.807) is 0 Å². The number of aliphatic hydroxyl groups is 1. The minimum atomic E-state index is -4.97. The number of esters is 4. The van der Waals surface area contributed by atoms with Crippen LogP contribution in [-0.2, 0) is 65.4 Å². The molecular formula is C85H166O17P2. The fourth-order valence-electron chi connectivity index (χ4n) is 13.2. The van der Waals surface area contributed by atoms with Crippen molar-refractivity contribution in [3.05, 3.63) is 0 Å². The third kappa shape index (κ3) is 76.8. The van der Waals surface area contributed by atoms with Crippen molar-refractivity contribution in [1.29, 1.82) is 0 Å². The van der Waals surface area contributed by atoms with Crippen molar-refractivity contribution in [1.82, 2.24) is 0 Å². The second-order valence-corrected chi connectivity index (χ2v) is 34.7. The number of aliphatic hydroxyl groups excluding tert-OH is 1. The third-order valence-electron chi connectivity index (χ3n) is 20.2. The molecule has 0 saturated carbocycles. The van der Waals surface area contributed by atoms with Crippen LogP contribution in [0, 0.1) is 17.8 Å². The van der Waals surface area contributed by atoms with Crippen LogP contribution < -0.4 is 0 Å². The predicted molar refractivity (Wildman–Crippen MR) is 428 cm³/mol. The molecule has 3 unspecified atom stereocenters. The molecule has 104 heavy (non-hydrogen) atoms. The van der Waals surface area contributed by atoms with Gasteiger partial charge in [-0.2, -0.15) is 0 Å². The standard InChI is InChI=1S/C85H166O17P2/c1-8-10-11-12-13-35-45-52-59-66-82(87)95-72-80(101-85(90)69-62-55-48-41-34-28-30-37-43-50-57-64-77(5)6)74-99-103(91,92)97-70-79(86)71-98-104(93,94)100-75-81(73-96-83(88)67-60-53-46-39-32-26-22-19-18-20-24-29-36-42-49-56-63-76(3)4)102-84(89)68-61-54-47-40-33-27-23-17-15-14-16-21-25-31-38-44-51-58-65-78(7)9-2/h76-81,86H,8-75H2,1-7H3,(H,91,92)(H,93,94)/t78?,79-,80+,81+/m0/s1. The molecule has 0 rings (SSSR count). The molecule has 17 nitrogen and oxygen atoms in total. The Labute approximate surface area is 638 Å². The lowest BCUT2D eigenvalue weighted by atomic mass is 9.99. The average Bonchev–Trinajstić information content (AvgIpc) is 0.927. The van der Waals surface area contributed by atoms with Gasteiger partial charge in [-0.15, -0.1) is 0 Å². The highest BCUT2D eigenvalue weighted by Crippen LogP contribution is 2.45. The van der Waals surface area contributed by atoms with Gasteiger partial charge in [0, 0.05) is 25.7 Å². The maximum absolute atomic E-state index is 13.1. The lowest BCUT2D eigenvalue weighted by molar-refractivity contribution is -0.161. The number of ether oxygens (including phenoxy) is 4. The number of unbranched alkanes of at least 4 members (excludes halogenated alkanes) is 50. The second kappa shape index (κ2) is 75.1. The highest BCUT2D eigenvalue weighted by atomic mass is 31.2. The van der Waals surface area contributed by atoms with Gasteiger partial charge in [-0.1, -0.05) is 395 Å². The van der Waals surface area contributed by atoms with Gasteiger partial charge < -0.3 is 33.8 Å². The summed E-state index contributed by atoms with van der Waals surface area (Å²) in [5, 5.41) is 10.7. The third-order valence-corrected chi connectivity index (χ3v) is 22.1. The Morgan fingerprint density at radius 2 is 0.490 bits per heavy atom. The summed E-state index contributed by atoms with van der Waals surface area (Å²) in [5.41, 5.74) is 0. The molecule has 0 aromatic heterocycles. The SMILES string of the molecule is CCCCCCCCCCCC(=O)OC[C@H](COP(=O)(O)OC[C@H](O)COP(=O)(O)OC[C@@H](COC(=O)CCCCCCCCCCCCCCCCCCC(C)C)OC(=O)CCCCCCCCCCCCCCCCCCCCC(C)CC)OC(=O)CCCCCCCCCCCCCC(C)C. The van der Waals surface area contributed by atoms with Crippen molar-refractivity contribution < 1.29 is 80.2 Å². The Kier molecular flexibility index (Phi) is 73.7. The van der Waals surface area contributed by atoms with Gasteiger partial charge in [0.25, 0.3) is 0 Å². The van der Waals surface area contributed by atoms with E-state index in [1.807, 2.05) is 0 Å². The quantitative estimate of drug-likeness (QED) is 0.0222. The topological polar surface area (TPSA) is 237 Å². The van der Waals surface area contributed by atoms with Crippen LogP contribution >= 0.6 is 15.6 Å². The van der Waals surface area contributed by atoms with E-state index in [-0.39, 0.29) is 25.7 Å². The summed E-state index contributed by atoms with van der Waals surface area (Å²) in [6, 6.07) is 0. The van der Waals surface area contributed by atoms with Gasteiger partial charge >= 0.3 is 39.5 Å². The van der Waals surface area contributed by atoms with E-state index in [1.165, 1.54) is 257 Å². The van der Waals surface area contributed by atoms with Crippen molar-refractivity contribution in [3.8, 4) is 0 Å². The summed E-state index contributed by atoms with van der Waals surface area (Å²) >= 11 is 0. The molecule has 0 aromatic rings. The Morgan fingerprint density at radius 1 is 0.279 bits per heavy atom. The van der Waals surface area contributed by atoms with Crippen LogP contribution in [0.4, 0.5) is 0 Å². The first-order chi connectivity index (χ1) is 50.3. The lowest BCUT2D eigenvalue weighted by Crippen LogP contribution is -2.30. The van der Waals surface area contributed by atoms with E-state index in [0.717, 1.165) is 108 Å². The Hall–Kier alpha value is -1.94. The van der Waals surface area contributed by atoms with Crippen molar-refractivity contribution >= 4 is 39.5 Å². The molecule has 0 aromatic carbocycles. The van der Waals surface area contributed by atoms with Gasteiger partial charge in [-0.25, -0.2) is 9.13 Å². The molecule has 0 aliphatic rings. The molecule has 3 N–H and O–H groups in total. The molecule has 0 amide bonds. The van der Waals surface area contributed by atoms with Gasteiger partial charge in [-0.3, -0.25) is 37.3 Å². The number of phosphoric acid groups is 2. The Morgan fingerprint density at radius 3 is 0.731 bits per heavy atom. The minimum absolute atomic E-state index is 0.107. The van der Waals surface area contributed by atoms with Crippen LogP contribution in [0.15, 0.2) is 0 Å². The maximum Gasteiger partial charge on any atom is 0.472 e. The summed E-state index contributed by atoms with van der Waals surface area (Å²) in [4.78, 5) is 73.1. The first-order valence-corrected chi connectivity index (χ1v) is 46.9. The molecule has 618 valence electrons. The highest BCUT2D eigenvalue weighted by Gasteiger charge is 2.30. The number of carbonyl (C=O) groups is 4. The van der Waals surface area contributed by atoms with E-state index < -0.39 is 97.5 Å². The monoisotopic (exact) mass is 1520 g/mol. The molecule has 0 aliphatic heterocycles. The number of hydrogen-bond donors (Lipinski definition) is 3. The molecule has 0 bridgehead atoms. The van der Waals surface area contributed by atoms with Crippen LogP contribution in [0.5, 0.6) is 0 Å². The number of hydrogen-bond acceptors (Lipinski definition) is 15. The first kappa shape index (κ1) is 102. The minimum Gasteiger partial charge on any atom is -0.462 e. The first-order valence-electron chi connectivity index (χ1n) is 43.9. The van der Waals surface area contributed by atoms with Crippen LogP contribution in [0.25, 0.3) is 0 Å². The van der Waals surface area contributed by atoms with Gasteiger partial charge in [0.15, 0.2) is 12.2 Å². The van der Waals surface area contributed by atoms with Crippen LogP contribution in [0.1, 0.15) is 447 Å². The van der Waals surface area contributed by atoms with E-state index >= 15 is 0 Å². The maximum atomic E-state index is 13.1. The molecular weight excluding hydrogens is 1350 g/mol. The summed E-state index contributed by atoms with van der Waals surface area (Å²) in [6.45, 7) is 12.0. The fourth-order valence-corrected chi connectivity index (χ4v) is 14.7. The van der Waals surface area contributed by atoms with Gasteiger partial charge in [0.05, 0.1) is 26.4 Å². The summed E-state index contributed by atoms with van der Waals surface area (Å²) in [6.07, 6.45) is 65.3. The number of carbonyl (C=O) groups excluding carboxylic acids is 4. The molecule has 0 heterocycles. The molecule has 0 saturated heterocycles. The van der Waals surface area contributed by atoms with Crippen LogP contribution in [-0.4, -0.2) is 96.7 Å². The number of phosphoric ester groups is 2. The largest absolute Gasteiger partial charge is 0.472 e. The van der Waals surface area contributed by atoms with Crippen molar-refractivity contribution in [2.24, 2.45) is 17.8 Å². The molecule has 19 heteroatoms. The Bertz CT molecular complexity index is 2010. The zero-order chi connectivity index (χ0) is 76.5. The fraction of sp³-hybridized carbons (Fsp3) is 0.953. The molecule has 0 fully saturated rings. The van der Waals surface area contributed by atoms with Gasteiger partial charge in [0.1, 0.15) is 19.3 Å². The summed E-state index contributed by atoms with van der Waals surface area (Å²) < 4.78 is 68.8. The van der Waals surface area contributed by atoms with Crippen LogP contribution in [0.3, 0.4) is 0 Å². The molecule has 0 radical (unpaired) electrons. The van der Waals surface area contributed by atoms with Gasteiger partial charge in [0.2, 0.25) is 0 Å². The Balaban J connectivity index is 5.20. The summed E-state index contributed by atoms with van der Waals surface area (Å²) in [5.74, 6) is 0.342. The van der Waals surface area contributed by atoms with E-state index in [0.29, 0.717) is 25.7 Å². The van der Waals surface area contributed by atoms with Crippen molar-refractivity contribution in [2.75, 3.05) is 39.6 Å². The van der Waals surface area contributed by atoms with E-state index in [4.69, 9.17) is 37.0 Å². The van der Waals surface area contributed by atoms with Crippen LogP contribution in [0.2, 0.25) is 0 Å². The van der Waals surface area contributed by atoms with E-state index in [2.05, 4.69) is 48.5 Å². The van der Waals surface area contributed by atoms with Crippen molar-refractivity contribution in [2.45, 2.75) is 465 Å². The van der Waals surface area contributed by atoms with Crippen molar-refractivity contribution in [3.63, 3.8) is 0 Å². The highest BCUT2D eigenvalue weighted by molar-refractivity contribution is 7.47. The zero-order valence-corrected chi connectivity index (χ0v) is 70.3. The lowest BCUT2D eigenvalue weighted by Gasteiger charge is -2.21. The predicted octanol–water partition coefficient (Wildman–Crippen LogP) is 25.7. The zero-order valence-electron chi connectivity index (χ0n) is 68.5. The smallest absolute Gasteiger partial charge is 0.462 e. The molecule has 0 aliphatic carbocycles.